The third-order valence-electron chi connectivity index (χ3n) is 4.05. The summed E-state index contributed by atoms with van der Waals surface area (Å²) in [5.74, 6) is 0. The molecule has 1 unspecified atom stereocenters. The number of aryl methyl sites for hydroxylation is 2. The summed E-state index contributed by atoms with van der Waals surface area (Å²) in [6.07, 6.45) is 0. The average molecular weight is 281 g/mol. The molecule has 108 valence electrons. The molecule has 1 aromatic heterocycles. The summed E-state index contributed by atoms with van der Waals surface area (Å²) in [7, 11) is 5.56. The molecule has 0 aliphatic heterocycles. The standard InChI is InChI=1S/C17H19N3O/c1-18-16(12-7-5-4-6-8-12)13-9-10-14-15(11-13)20(3)17(21)19(14)2/h4-11,16,18H,1-3H3. The summed E-state index contributed by atoms with van der Waals surface area (Å²) in [6.45, 7) is 0. The molecule has 2 aromatic carbocycles. The smallest absolute Gasteiger partial charge is 0.309 e. The van der Waals surface area contributed by atoms with E-state index in [1.54, 1.807) is 16.2 Å². The summed E-state index contributed by atoms with van der Waals surface area (Å²) in [5, 5.41) is 3.35. The topological polar surface area (TPSA) is 39.0 Å². The molecule has 0 radical (unpaired) electrons. The number of nitrogens with one attached hydrogen (secondary N) is 1. The lowest BCUT2D eigenvalue weighted by Gasteiger charge is -2.17. The maximum Gasteiger partial charge on any atom is 0.328 e. The number of nitrogens with zero attached hydrogens (tertiary/aromatic N) is 2. The van der Waals surface area contributed by atoms with Crippen molar-refractivity contribution in [1.29, 1.82) is 0 Å². The van der Waals surface area contributed by atoms with E-state index in [0.29, 0.717) is 0 Å². The molecule has 0 bridgehead atoms. The van der Waals surface area contributed by atoms with Gasteiger partial charge in [0.2, 0.25) is 0 Å². The van der Waals surface area contributed by atoms with Gasteiger partial charge in [-0.3, -0.25) is 9.13 Å². The first-order valence-corrected chi connectivity index (χ1v) is 7.01. The lowest BCUT2D eigenvalue weighted by atomic mass is 9.98. The van der Waals surface area contributed by atoms with Crippen molar-refractivity contribution in [2.45, 2.75) is 6.04 Å². The number of benzene rings is 2. The van der Waals surface area contributed by atoms with Gasteiger partial charge in [0.05, 0.1) is 17.1 Å². The molecule has 1 N–H and O–H groups in total. The molecule has 0 saturated carbocycles. The van der Waals surface area contributed by atoms with Crippen LogP contribution in [0.2, 0.25) is 0 Å². The number of rotatable bonds is 3. The van der Waals surface area contributed by atoms with Gasteiger partial charge in [-0.25, -0.2) is 4.79 Å². The average Bonchev–Trinajstić information content (AvgIpc) is 2.74. The first kappa shape index (κ1) is 13.6. The van der Waals surface area contributed by atoms with Gasteiger partial charge in [-0.15, -0.1) is 0 Å². The van der Waals surface area contributed by atoms with Gasteiger partial charge in [-0.2, -0.15) is 0 Å². The van der Waals surface area contributed by atoms with E-state index in [4.69, 9.17) is 0 Å². The maximum atomic E-state index is 12.0. The lowest BCUT2D eigenvalue weighted by molar-refractivity contribution is 0.692. The Morgan fingerprint density at radius 3 is 2.24 bits per heavy atom. The molecule has 3 aromatic rings. The number of hydrogen-bond acceptors (Lipinski definition) is 2. The van der Waals surface area contributed by atoms with E-state index in [9.17, 15) is 4.79 Å². The highest BCUT2D eigenvalue weighted by Gasteiger charge is 2.14. The van der Waals surface area contributed by atoms with Crippen molar-refractivity contribution in [3.8, 4) is 0 Å². The molecule has 3 rings (SSSR count). The van der Waals surface area contributed by atoms with E-state index in [-0.39, 0.29) is 11.7 Å². The Labute approximate surface area is 123 Å². The predicted octanol–water partition coefficient (Wildman–Crippen LogP) is 2.19. The fourth-order valence-electron chi connectivity index (χ4n) is 2.87. The molecule has 0 saturated heterocycles. The molecular weight excluding hydrogens is 262 g/mol. The Morgan fingerprint density at radius 1 is 0.905 bits per heavy atom. The van der Waals surface area contributed by atoms with Crippen molar-refractivity contribution in [3.05, 3.63) is 70.1 Å². The number of aromatic nitrogens is 2. The Morgan fingerprint density at radius 2 is 1.57 bits per heavy atom. The quantitative estimate of drug-likeness (QED) is 0.799. The van der Waals surface area contributed by atoms with Gasteiger partial charge < -0.3 is 5.32 Å². The van der Waals surface area contributed by atoms with Crippen molar-refractivity contribution in [1.82, 2.24) is 14.5 Å². The molecular formula is C17H19N3O. The summed E-state index contributed by atoms with van der Waals surface area (Å²) >= 11 is 0. The van der Waals surface area contributed by atoms with Gasteiger partial charge in [0.25, 0.3) is 0 Å². The van der Waals surface area contributed by atoms with Crippen LogP contribution in [-0.2, 0) is 14.1 Å². The summed E-state index contributed by atoms with van der Waals surface area (Å²) < 4.78 is 3.37. The van der Waals surface area contributed by atoms with Crippen LogP contribution >= 0.6 is 0 Å². The minimum Gasteiger partial charge on any atom is -0.309 e. The van der Waals surface area contributed by atoms with Crippen LogP contribution in [0.15, 0.2) is 53.3 Å². The zero-order valence-electron chi connectivity index (χ0n) is 12.5. The van der Waals surface area contributed by atoms with Gasteiger partial charge in [0.15, 0.2) is 0 Å². The third kappa shape index (κ3) is 2.17. The highest BCUT2D eigenvalue weighted by molar-refractivity contribution is 5.77. The minimum atomic E-state index is 0.00266. The number of imidazole rings is 1. The van der Waals surface area contributed by atoms with Crippen LogP contribution in [0.3, 0.4) is 0 Å². The van der Waals surface area contributed by atoms with Gasteiger partial charge >= 0.3 is 5.69 Å². The van der Waals surface area contributed by atoms with Crippen LogP contribution in [0.4, 0.5) is 0 Å². The fourth-order valence-corrected chi connectivity index (χ4v) is 2.87. The molecule has 4 heteroatoms. The molecule has 0 aliphatic carbocycles. The molecule has 1 heterocycles. The Balaban J connectivity index is 2.16. The van der Waals surface area contributed by atoms with Gasteiger partial charge in [-0.05, 0) is 30.3 Å². The van der Waals surface area contributed by atoms with E-state index in [1.807, 2.05) is 38.4 Å². The maximum absolute atomic E-state index is 12.0. The van der Waals surface area contributed by atoms with Crippen molar-refractivity contribution < 1.29 is 0 Å². The monoisotopic (exact) mass is 281 g/mol. The van der Waals surface area contributed by atoms with Crippen LogP contribution in [0.1, 0.15) is 17.2 Å². The number of fused-ring (bicyclic) bond motifs is 1. The van der Waals surface area contributed by atoms with Gasteiger partial charge in [-0.1, -0.05) is 36.4 Å². The lowest BCUT2D eigenvalue weighted by Crippen LogP contribution is -2.19. The summed E-state index contributed by atoms with van der Waals surface area (Å²) in [5.41, 5.74) is 4.27. The van der Waals surface area contributed by atoms with E-state index in [0.717, 1.165) is 16.6 Å². The second-order valence-corrected chi connectivity index (χ2v) is 5.28. The van der Waals surface area contributed by atoms with Crippen molar-refractivity contribution in [2.24, 2.45) is 14.1 Å². The van der Waals surface area contributed by atoms with Crippen molar-refractivity contribution >= 4 is 11.0 Å². The number of hydrogen-bond donors (Lipinski definition) is 1. The Bertz CT molecular complexity index is 830. The van der Waals surface area contributed by atoms with E-state index in [1.165, 1.54) is 5.56 Å². The first-order chi connectivity index (χ1) is 10.1. The van der Waals surface area contributed by atoms with Crippen LogP contribution in [0, 0.1) is 0 Å². The molecule has 0 spiro atoms. The summed E-state index contributed by atoms with van der Waals surface area (Å²) in [6, 6.07) is 16.6. The molecule has 0 amide bonds. The highest BCUT2D eigenvalue weighted by Crippen LogP contribution is 2.24. The van der Waals surface area contributed by atoms with E-state index in [2.05, 4.69) is 29.6 Å². The molecule has 0 aliphatic rings. The fraction of sp³-hybridized carbons (Fsp3) is 0.235. The van der Waals surface area contributed by atoms with Gasteiger partial charge in [0, 0.05) is 14.1 Å². The largest absolute Gasteiger partial charge is 0.328 e. The SMILES string of the molecule is CNC(c1ccccc1)c1ccc2c(c1)n(C)c(=O)n2C. The normalized spacial score (nSPS) is 12.7. The van der Waals surface area contributed by atoms with Crippen LogP contribution < -0.4 is 11.0 Å². The molecule has 1 atom stereocenters. The molecule has 0 fully saturated rings. The highest BCUT2D eigenvalue weighted by atomic mass is 16.1. The second kappa shape index (κ2) is 5.22. The Kier molecular flexibility index (Phi) is 3.39. The van der Waals surface area contributed by atoms with Gasteiger partial charge in [0.1, 0.15) is 0 Å². The molecule has 4 nitrogen and oxygen atoms in total. The van der Waals surface area contributed by atoms with Crippen LogP contribution in [0.5, 0.6) is 0 Å². The third-order valence-corrected chi connectivity index (χ3v) is 4.05. The minimum absolute atomic E-state index is 0.00266. The molecule has 21 heavy (non-hydrogen) atoms. The van der Waals surface area contributed by atoms with Crippen LogP contribution in [-0.4, -0.2) is 16.2 Å². The summed E-state index contributed by atoms with van der Waals surface area (Å²) in [4.78, 5) is 12.0. The van der Waals surface area contributed by atoms with E-state index < -0.39 is 0 Å². The van der Waals surface area contributed by atoms with Crippen molar-refractivity contribution in [3.63, 3.8) is 0 Å². The van der Waals surface area contributed by atoms with Crippen molar-refractivity contribution in [2.75, 3.05) is 7.05 Å². The zero-order chi connectivity index (χ0) is 15.0. The first-order valence-electron chi connectivity index (χ1n) is 7.01. The second-order valence-electron chi connectivity index (χ2n) is 5.28. The predicted molar refractivity (Wildman–Crippen MR) is 85.5 cm³/mol. The van der Waals surface area contributed by atoms with Crippen LogP contribution in [0.25, 0.3) is 11.0 Å². The van der Waals surface area contributed by atoms with E-state index >= 15 is 0 Å². The Hall–Kier alpha value is -2.33. The zero-order valence-corrected chi connectivity index (χ0v) is 12.5.